The standard InChI is InChI=1S/C14H24N2O2S/c1-4-5-6-7-10-15-13-8-9-14(12(2)11-13)16-19(3,17)18/h8-9,11,15-16H,4-7,10H2,1-3H3. The van der Waals surface area contributed by atoms with Crippen LogP contribution in [0.15, 0.2) is 18.2 Å². The average Bonchev–Trinajstić information content (AvgIpc) is 2.31. The first-order chi connectivity index (χ1) is 8.92. The van der Waals surface area contributed by atoms with Gasteiger partial charge in [-0.05, 0) is 37.1 Å². The van der Waals surface area contributed by atoms with Crippen LogP contribution < -0.4 is 10.0 Å². The minimum atomic E-state index is -3.21. The summed E-state index contributed by atoms with van der Waals surface area (Å²) in [5.41, 5.74) is 2.59. The highest BCUT2D eigenvalue weighted by molar-refractivity contribution is 7.92. The molecule has 0 unspecified atom stereocenters. The lowest BCUT2D eigenvalue weighted by Crippen LogP contribution is -2.11. The van der Waals surface area contributed by atoms with Gasteiger partial charge in [0.2, 0.25) is 10.0 Å². The number of hydrogen-bond acceptors (Lipinski definition) is 3. The van der Waals surface area contributed by atoms with Gasteiger partial charge in [0, 0.05) is 12.2 Å². The first kappa shape index (κ1) is 15.8. The molecule has 1 rings (SSSR count). The van der Waals surface area contributed by atoms with Gasteiger partial charge in [0.05, 0.1) is 11.9 Å². The highest BCUT2D eigenvalue weighted by Crippen LogP contribution is 2.20. The number of hydrogen-bond donors (Lipinski definition) is 2. The summed E-state index contributed by atoms with van der Waals surface area (Å²) in [6.07, 6.45) is 6.08. The zero-order chi connectivity index (χ0) is 14.3. The van der Waals surface area contributed by atoms with Crippen LogP contribution in [-0.4, -0.2) is 21.2 Å². The Labute approximate surface area is 116 Å². The van der Waals surface area contributed by atoms with Gasteiger partial charge in [0.1, 0.15) is 0 Å². The number of sulfonamides is 1. The molecule has 0 heterocycles. The van der Waals surface area contributed by atoms with Crippen LogP contribution in [0, 0.1) is 6.92 Å². The second kappa shape index (κ2) is 7.38. The van der Waals surface area contributed by atoms with Gasteiger partial charge in [-0.2, -0.15) is 0 Å². The molecule has 0 saturated heterocycles. The lowest BCUT2D eigenvalue weighted by molar-refractivity contribution is 0.607. The maximum atomic E-state index is 11.2. The fourth-order valence-corrected chi connectivity index (χ4v) is 2.50. The molecule has 19 heavy (non-hydrogen) atoms. The van der Waals surface area contributed by atoms with Crippen LogP contribution in [0.3, 0.4) is 0 Å². The maximum absolute atomic E-state index is 11.2. The Balaban J connectivity index is 2.52. The van der Waals surface area contributed by atoms with Crippen LogP contribution in [-0.2, 0) is 10.0 Å². The first-order valence-corrected chi connectivity index (χ1v) is 8.64. The van der Waals surface area contributed by atoms with Gasteiger partial charge in [-0.15, -0.1) is 0 Å². The third-order valence-corrected chi connectivity index (χ3v) is 3.47. The quantitative estimate of drug-likeness (QED) is 0.720. The molecule has 0 fully saturated rings. The lowest BCUT2D eigenvalue weighted by Gasteiger charge is -2.11. The van der Waals surface area contributed by atoms with Crippen molar-refractivity contribution in [1.29, 1.82) is 0 Å². The van der Waals surface area contributed by atoms with E-state index in [0.717, 1.165) is 30.5 Å². The van der Waals surface area contributed by atoms with Gasteiger partial charge in [-0.1, -0.05) is 26.2 Å². The molecule has 4 nitrogen and oxygen atoms in total. The molecule has 2 N–H and O–H groups in total. The van der Waals surface area contributed by atoms with Gasteiger partial charge in [-0.3, -0.25) is 4.72 Å². The number of benzene rings is 1. The van der Waals surface area contributed by atoms with Crippen molar-refractivity contribution in [3.8, 4) is 0 Å². The summed E-state index contributed by atoms with van der Waals surface area (Å²) in [7, 11) is -3.21. The Kier molecular flexibility index (Phi) is 6.15. The smallest absolute Gasteiger partial charge is 0.229 e. The molecule has 0 radical (unpaired) electrons. The molecule has 0 aromatic heterocycles. The maximum Gasteiger partial charge on any atom is 0.229 e. The average molecular weight is 284 g/mol. The molecule has 5 heteroatoms. The van der Waals surface area contributed by atoms with E-state index in [1.54, 1.807) is 6.07 Å². The number of unbranched alkanes of at least 4 members (excludes halogenated alkanes) is 3. The molecule has 1 aromatic carbocycles. The number of aryl methyl sites for hydroxylation is 1. The third kappa shape index (κ3) is 6.47. The summed E-state index contributed by atoms with van der Waals surface area (Å²) in [6, 6.07) is 5.67. The fourth-order valence-electron chi connectivity index (χ4n) is 1.87. The van der Waals surface area contributed by atoms with E-state index in [-0.39, 0.29) is 0 Å². The van der Waals surface area contributed by atoms with Gasteiger partial charge in [-0.25, -0.2) is 8.42 Å². The van der Waals surface area contributed by atoms with Crippen molar-refractivity contribution in [1.82, 2.24) is 0 Å². The van der Waals surface area contributed by atoms with Crippen molar-refractivity contribution in [3.05, 3.63) is 23.8 Å². The summed E-state index contributed by atoms with van der Waals surface area (Å²) >= 11 is 0. The van der Waals surface area contributed by atoms with Crippen molar-refractivity contribution in [2.24, 2.45) is 0 Å². The van der Waals surface area contributed by atoms with Crippen molar-refractivity contribution in [2.45, 2.75) is 39.5 Å². The van der Waals surface area contributed by atoms with Crippen molar-refractivity contribution < 1.29 is 8.42 Å². The SMILES string of the molecule is CCCCCCNc1ccc(NS(C)(=O)=O)c(C)c1. The molecule has 0 bridgehead atoms. The molecule has 108 valence electrons. The Morgan fingerprint density at radius 3 is 2.47 bits per heavy atom. The van der Waals surface area contributed by atoms with E-state index in [1.807, 2.05) is 19.1 Å². The molecule has 0 atom stereocenters. The zero-order valence-electron chi connectivity index (χ0n) is 12.0. The molecular weight excluding hydrogens is 260 g/mol. The van der Waals surface area contributed by atoms with Crippen LogP contribution in [0.4, 0.5) is 11.4 Å². The predicted molar refractivity (Wildman–Crippen MR) is 82.3 cm³/mol. The summed E-state index contributed by atoms with van der Waals surface area (Å²) in [4.78, 5) is 0. The Morgan fingerprint density at radius 2 is 1.89 bits per heavy atom. The summed E-state index contributed by atoms with van der Waals surface area (Å²) in [5, 5.41) is 3.36. The molecule has 0 saturated carbocycles. The lowest BCUT2D eigenvalue weighted by atomic mass is 10.1. The van der Waals surface area contributed by atoms with Gasteiger partial charge >= 0.3 is 0 Å². The van der Waals surface area contributed by atoms with Crippen LogP contribution in [0.2, 0.25) is 0 Å². The van der Waals surface area contributed by atoms with E-state index in [1.165, 1.54) is 19.3 Å². The zero-order valence-corrected chi connectivity index (χ0v) is 12.8. The topological polar surface area (TPSA) is 58.2 Å². The summed E-state index contributed by atoms with van der Waals surface area (Å²) in [6.45, 7) is 5.05. The Bertz CT molecular complexity index is 498. The Morgan fingerprint density at radius 1 is 1.16 bits per heavy atom. The van der Waals surface area contributed by atoms with Crippen molar-refractivity contribution >= 4 is 21.4 Å². The van der Waals surface area contributed by atoms with Gasteiger partial charge in [0.25, 0.3) is 0 Å². The van der Waals surface area contributed by atoms with Crippen LogP contribution in [0.1, 0.15) is 38.2 Å². The molecule has 0 aliphatic heterocycles. The van der Waals surface area contributed by atoms with E-state index in [0.29, 0.717) is 5.69 Å². The highest BCUT2D eigenvalue weighted by Gasteiger charge is 2.05. The minimum Gasteiger partial charge on any atom is -0.385 e. The normalized spacial score (nSPS) is 11.3. The second-order valence-electron chi connectivity index (χ2n) is 4.89. The van der Waals surface area contributed by atoms with Crippen LogP contribution in [0.25, 0.3) is 0 Å². The monoisotopic (exact) mass is 284 g/mol. The van der Waals surface area contributed by atoms with Gasteiger partial charge in [0.15, 0.2) is 0 Å². The molecule has 0 amide bonds. The van der Waals surface area contributed by atoms with E-state index < -0.39 is 10.0 Å². The van der Waals surface area contributed by atoms with Crippen molar-refractivity contribution in [3.63, 3.8) is 0 Å². The van der Waals surface area contributed by atoms with E-state index >= 15 is 0 Å². The Hall–Kier alpha value is -1.23. The summed E-state index contributed by atoms with van der Waals surface area (Å²) in [5.74, 6) is 0. The van der Waals surface area contributed by atoms with E-state index in [2.05, 4.69) is 17.0 Å². The van der Waals surface area contributed by atoms with Crippen LogP contribution >= 0.6 is 0 Å². The fraction of sp³-hybridized carbons (Fsp3) is 0.571. The minimum absolute atomic E-state index is 0.638. The molecule has 0 spiro atoms. The first-order valence-electron chi connectivity index (χ1n) is 6.74. The predicted octanol–water partition coefficient (Wildman–Crippen LogP) is 3.36. The second-order valence-corrected chi connectivity index (χ2v) is 6.64. The number of rotatable bonds is 8. The molecule has 0 aliphatic carbocycles. The van der Waals surface area contributed by atoms with Crippen LogP contribution in [0.5, 0.6) is 0 Å². The number of anilines is 2. The largest absolute Gasteiger partial charge is 0.385 e. The van der Waals surface area contributed by atoms with E-state index in [4.69, 9.17) is 0 Å². The summed E-state index contributed by atoms with van der Waals surface area (Å²) < 4.78 is 24.9. The van der Waals surface area contributed by atoms with E-state index in [9.17, 15) is 8.42 Å². The van der Waals surface area contributed by atoms with Crippen molar-refractivity contribution in [2.75, 3.05) is 22.8 Å². The number of nitrogens with one attached hydrogen (secondary N) is 2. The highest BCUT2D eigenvalue weighted by atomic mass is 32.2. The molecular formula is C14H24N2O2S. The molecule has 0 aliphatic rings. The third-order valence-electron chi connectivity index (χ3n) is 2.88. The molecule has 1 aromatic rings. The van der Waals surface area contributed by atoms with Gasteiger partial charge < -0.3 is 5.32 Å².